The highest BCUT2D eigenvalue weighted by Crippen LogP contribution is 2.29. The van der Waals surface area contributed by atoms with Gasteiger partial charge in [-0.15, -0.1) is 0 Å². The molecular formula is C19H25NO2. The van der Waals surface area contributed by atoms with E-state index in [1.54, 1.807) is 0 Å². The lowest BCUT2D eigenvalue weighted by Gasteiger charge is -2.10. The van der Waals surface area contributed by atoms with Crippen LogP contribution >= 0.6 is 0 Å². The van der Waals surface area contributed by atoms with Gasteiger partial charge in [-0.3, -0.25) is 0 Å². The fraction of sp³-hybridized carbons (Fsp3) is 0.368. The van der Waals surface area contributed by atoms with Crippen LogP contribution in [-0.2, 0) is 4.74 Å². The molecule has 0 saturated carbocycles. The zero-order chi connectivity index (χ0) is 15.5. The van der Waals surface area contributed by atoms with Crippen molar-refractivity contribution >= 4 is 0 Å². The van der Waals surface area contributed by atoms with Crippen molar-refractivity contribution in [2.24, 2.45) is 0 Å². The van der Waals surface area contributed by atoms with Gasteiger partial charge in [-0.2, -0.15) is 0 Å². The molecule has 1 aliphatic rings. The molecular weight excluding hydrogens is 274 g/mol. The van der Waals surface area contributed by atoms with E-state index < -0.39 is 0 Å². The maximum absolute atomic E-state index is 5.74. The Hall–Kier alpha value is -1.84. The molecule has 0 bridgehead atoms. The molecule has 0 aromatic heterocycles. The third kappa shape index (κ3) is 5.51. The Morgan fingerprint density at radius 1 is 0.955 bits per heavy atom. The topological polar surface area (TPSA) is 30.5 Å². The predicted molar refractivity (Wildman–Crippen MR) is 91.4 cm³/mol. The first-order chi connectivity index (χ1) is 10.9. The van der Waals surface area contributed by atoms with Crippen molar-refractivity contribution in [2.75, 3.05) is 32.9 Å². The van der Waals surface area contributed by atoms with Crippen molar-refractivity contribution in [2.45, 2.75) is 13.3 Å². The Balaban J connectivity index is 0.000000246. The molecule has 2 aromatic carbocycles. The lowest BCUT2D eigenvalue weighted by Crippen LogP contribution is -2.30. The van der Waals surface area contributed by atoms with Gasteiger partial charge >= 0.3 is 0 Å². The van der Waals surface area contributed by atoms with Crippen molar-refractivity contribution in [1.82, 2.24) is 5.32 Å². The van der Waals surface area contributed by atoms with Crippen molar-refractivity contribution in [3.63, 3.8) is 0 Å². The van der Waals surface area contributed by atoms with Crippen LogP contribution in [0.1, 0.15) is 13.3 Å². The number of nitrogens with one attached hydrogen (secondary N) is 1. The first-order valence-electron chi connectivity index (χ1n) is 7.97. The molecule has 0 aliphatic carbocycles. The van der Waals surface area contributed by atoms with Crippen LogP contribution in [0.15, 0.2) is 54.6 Å². The minimum Gasteiger partial charge on any atom is -0.493 e. The van der Waals surface area contributed by atoms with E-state index in [0.717, 1.165) is 50.6 Å². The summed E-state index contributed by atoms with van der Waals surface area (Å²) in [6, 6.07) is 18.5. The highest BCUT2D eigenvalue weighted by Gasteiger charge is 2.04. The summed E-state index contributed by atoms with van der Waals surface area (Å²) >= 11 is 0. The molecule has 0 amide bonds. The maximum atomic E-state index is 5.74. The van der Waals surface area contributed by atoms with Gasteiger partial charge in [0.1, 0.15) is 5.75 Å². The predicted octanol–water partition coefficient (Wildman–Crippen LogP) is 3.75. The Labute approximate surface area is 133 Å². The molecule has 1 saturated heterocycles. The van der Waals surface area contributed by atoms with Gasteiger partial charge < -0.3 is 14.8 Å². The average molecular weight is 299 g/mol. The van der Waals surface area contributed by atoms with Crippen LogP contribution in [0.5, 0.6) is 5.75 Å². The molecule has 0 spiro atoms. The number of hydrogen-bond acceptors (Lipinski definition) is 3. The largest absolute Gasteiger partial charge is 0.493 e. The number of hydrogen-bond donors (Lipinski definition) is 1. The standard InChI is InChI=1S/C15H16O.C4H9NO/c1-2-12-16-15-11-7-6-10-14(15)13-8-4-3-5-9-13;1-3-6-4-2-5-1/h3-11H,2,12H2,1H3;5H,1-4H2. The summed E-state index contributed by atoms with van der Waals surface area (Å²) in [7, 11) is 0. The SMILES string of the molecule is C1COCCN1.CCCOc1ccccc1-c1ccccc1. The molecule has 3 rings (SSSR count). The van der Waals surface area contributed by atoms with Gasteiger partial charge in [-0.05, 0) is 18.1 Å². The highest BCUT2D eigenvalue weighted by atomic mass is 16.5. The zero-order valence-corrected chi connectivity index (χ0v) is 13.3. The van der Waals surface area contributed by atoms with Gasteiger partial charge in [0.15, 0.2) is 0 Å². The normalized spacial score (nSPS) is 13.9. The van der Waals surface area contributed by atoms with Gasteiger partial charge in [-0.1, -0.05) is 55.5 Å². The third-order valence-electron chi connectivity index (χ3n) is 3.28. The minimum atomic E-state index is 0.768. The fourth-order valence-electron chi connectivity index (χ4n) is 2.18. The number of morpholine rings is 1. The van der Waals surface area contributed by atoms with Crippen LogP contribution in [0.4, 0.5) is 0 Å². The molecule has 22 heavy (non-hydrogen) atoms. The molecule has 3 heteroatoms. The van der Waals surface area contributed by atoms with Gasteiger partial charge in [-0.25, -0.2) is 0 Å². The quantitative estimate of drug-likeness (QED) is 0.932. The number of benzene rings is 2. The summed E-state index contributed by atoms with van der Waals surface area (Å²) < 4.78 is 10.7. The van der Waals surface area contributed by atoms with Crippen LogP contribution < -0.4 is 10.1 Å². The summed E-state index contributed by atoms with van der Waals surface area (Å²) in [5.74, 6) is 0.968. The van der Waals surface area contributed by atoms with Gasteiger partial charge in [0.25, 0.3) is 0 Å². The lowest BCUT2D eigenvalue weighted by molar-refractivity contribution is 0.109. The van der Waals surface area contributed by atoms with Crippen LogP contribution in [0.25, 0.3) is 11.1 Å². The maximum Gasteiger partial charge on any atom is 0.127 e. The first kappa shape index (κ1) is 16.5. The summed E-state index contributed by atoms with van der Waals surface area (Å²) in [6.45, 7) is 6.72. The van der Waals surface area contributed by atoms with E-state index in [-0.39, 0.29) is 0 Å². The van der Waals surface area contributed by atoms with Crippen molar-refractivity contribution in [3.8, 4) is 16.9 Å². The average Bonchev–Trinajstić information content (AvgIpc) is 2.63. The van der Waals surface area contributed by atoms with E-state index in [4.69, 9.17) is 9.47 Å². The van der Waals surface area contributed by atoms with Gasteiger partial charge in [0.2, 0.25) is 0 Å². The van der Waals surface area contributed by atoms with E-state index in [2.05, 4.69) is 30.4 Å². The molecule has 2 aromatic rings. The molecule has 1 heterocycles. The molecule has 0 radical (unpaired) electrons. The molecule has 1 N–H and O–H groups in total. The number of rotatable bonds is 4. The van der Waals surface area contributed by atoms with E-state index in [1.807, 2.05) is 36.4 Å². The van der Waals surface area contributed by atoms with Crippen LogP contribution in [-0.4, -0.2) is 32.9 Å². The van der Waals surface area contributed by atoms with Gasteiger partial charge in [0.05, 0.1) is 19.8 Å². The smallest absolute Gasteiger partial charge is 0.127 e. The molecule has 3 nitrogen and oxygen atoms in total. The number of ether oxygens (including phenoxy) is 2. The molecule has 1 aliphatic heterocycles. The van der Waals surface area contributed by atoms with Crippen LogP contribution in [0, 0.1) is 0 Å². The van der Waals surface area contributed by atoms with E-state index in [1.165, 1.54) is 5.56 Å². The Bertz CT molecular complexity index is 512. The van der Waals surface area contributed by atoms with Crippen molar-refractivity contribution in [3.05, 3.63) is 54.6 Å². The second-order valence-corrected chi connectivity index (χ2v) is 5.07. The minimum absolute atomic E-state index is 0.768. The number of para-hydroxylation sites is 1. The van der Waals surface area contributed by atoms with Crippen LogP contribution in [0.3, 0.4) is 0 Å². The Morgan fingerprint density at radius 3 is 2.23 bits per heavy atom. The molecule has 118 valence electrons. The van der Waals surface area contributed by atoms with Crippen LogP contribution in [0.2, 0.25) is 0 Å². The monoisotopic (exact) mass is 299 g/mol. The fourth-order valence-corrected chi connectivity index (χ4v) is 2.18. The lowest BCUT2D eigenvalue weighted by atomic mass is 10.1. The van der Waals surface area contributed by atoms with Crippen molar-refractivity contribution in [1.29, 1.82) is 0 Å². The molecule has 0 atom stereocenters. The Morgan fingerprint density at radius 2 is 1.64 bits per heavy atom. The summed E-state index contributed by atoms with van der Waals surface area (Å²) in [6.07, 6.45) is 1.03. The summed E-state index contributed by atoms with van der Waals surface area (Å²) in [5.41, 5.74) is 2.37. The van der Waals surface area contributed by atoms with Gasteiger partial charge in [0, 0.05) is 18.7 Å². The van der Waals surface area contributed by atoms with E-state index in [0.29, 0.717) is 0 Å². The highest BCUT2D eigenvalue weighted by molar-refractivity contribution is 5.70. The molecule has 1 fully saturated rings. The second kappa shape index (κ2) is 9.98. The summed E-state index contributed by atoms with van der Waals surface area (Å²) in [4.78, 5) is 0. The van der Waals surface area contributed by atoms with Crippen molar-refractivity contribution < 1.29 is 9.47 Å². The second-order valence-electron chi connectivity index (χ2n) is 5.07. The first-order valence-corrected chi connectivity index (χ1v) is 7.97. The van der Waals surface area contributed by atoms with E-state index >= 15 is 0 Å². The molecule has 0 unspecified atom stereocenters. The zero-order valence-electron chi connectivity index (χ0n) is 13.3. The summed E-state index contributed by atoms with van der Waals surface area (Å²) in [5, 5.41) is 3.16. The third-order valence-corrected chi connectivity index (χ3v) is 3.28. The Kier molecular flexibility index (Phi) is 7.50. The van der Waals surface area contributed by atoms with E-state index in [9.17, 15) is 0 Å².